The highest BCUT2D eigenvalue weighted by molar-refractivity contribution is 9.10. The molecule has 1 amide bonds. The number of aromatic nitrogens is 1. The standard InChI is InChI=1S/C22H21BrClN3OS/c1-15-11-18(16(2)27(15)20-9-7-19(24)8-10-20)12-25-26-22(28)14-29-13-17-5-3-4-6-21(17)23/h3-12H,13-14H2,1-2H3,(H,26,28)/b25-12-. The second-order valence-electron chi connectivity index (χ2n) is 6.52. The van der Waals surface area contributed by atoms with Gasteiger partial charge in [-0.05, 0) is 55.8 Å². The van der Waals surface area contributed by atoms with E-state index in [1.807, 2.05) is 68.4 Å². The molecule has 0 aliphatic rings. The number of benzene rings is 2. The average Bonchev–Trinajstić information content (AvgIpc) is 2.98. The van der Waals surface area contributed by atoms with Crippen molar-refractivity contribution in [3.63, 3.8) is 0 Å². The molecule has 0 saturated carbocycles. The van der Waals surface area contributed by atoms with Crippen molar-refractivity contribution in [2.75, 3.05) is 5.75 Å². The van der Waals surface area contributed by atoms with Crippen LogP contribution in [-0.4, -0.2) is 22.4 Å². The van der Waals surface area contributed by atoms with E-state index in [0.717, 1.165) is 32.9 Å². The molecule has 2 aromatic carbocycles. The lowest BCUT2D eigenvalue weighted by molar-refractivity contribution is -0.118. The molecule has 3 rings (SSSR count). The number of rotatable bonds is 7. The van der Waals surface area contributed by atoms with Gasteiger partial charge >= 0.3 is 0 Å². The number of halogens is 2. The van der Waals surface area contributed by atoms with Gasteiger partial charge in [0.1, 0.15) is 0 Å². The fraction of sp³-hybridized carbons (Fsp3) is 0.182. The number of amides is 1. The highest BCUT2D eigenvalue weighted by Gasteiger charge is 2.09. The molecule has 3 aromatic rings. The molecule has 0 radical (unpaired) electrons. The molecule has 0 fully saturated rings. The normalized spacial score (nSPS) is 11.2. The topological polar surface area (TPSA) is 46.4 Å². The van der Waals surface area contributed by atoms with E-state index in [2.05, 4.69) is 31.0 Å². The number of hydrogen-bond donors (Lipinski definition) is 1. The fourth-order valence-electron chi connectivity index (χ4n) is 2.98. The maximum atomic E-state index is 12.0. The van der Waals surface area contributed by atoms with Gasteiger partial charge in [-0.3, -0.25) is 4.79 Å². The number of hydrogen-bond acceptors (Lipinski definition) is 3. The first-order valence-electron chi connectivity index (χ1n) is 9.03. The molecule has 0 atom stereocenters. The van der Waals surface area contributed by atoms with Crippen molar-refractivity contribution in [3.05, 3.63) is 86.6 Å². The Morgan fingerprint density at radius 1 is 1.21 bits per heavy atom. The second-order valence-corrected chi connectivity index (χ2v) is 8.79. The van der Waals surface area contributed by atoms with Gasteiger partial charge in [0.2, 0.25) is 5.91 Å². The number of nitrogens with zero attached hydrogens (tertiary/aromatic N) is 2. The van der Waals surface area contributed by atoms with Gasteiger partial charge in [0.15, 0.2) is 0 Å². The molecular formula is C22H21BrClN3OS. The van der Waals surface area contributed by atoms with Crippen molar-refractivity contribution in [2.45, 2.75) is 19.6 Å². The van der Waals surface area contributed by atoms with E-state index >= 15 is 0 Å². The first-order valence-corrected chi connectivity index (χ1v) is 11.4. The predicted octanol–water partition coefficient (Wildman–Crippen LogP) is 5.89. The summed E-state index contributed by atoms with van der Waals surface area (Å²) in [7, 11) is 0. The summed E-state index contributed by atoms with van der Waals surface area (Å²) in [6.45, 7) is 4.06. The van der Waals surface area contributed by atoms with Crippen LogP contribution in [0.2, 0.25) is 5.02 Å². The quantitative estimate of drug-likeness (QED) is 0.331. The lowest BCUT2D eigenvalue weighted by Crippen LogP contribution is -2.19. The number of nitrogens with one attached hydrogen (secondary N) is 1. The monoisotopic (exact) mass is 489 g/mol. The molecule has 7 heteroatoms. The minimum atomic E-state index is -0.121. The molecule has 0 aliphatic carbocycles. The Labute approximate surface area is 188 Å². The molecule has 150 valence electrons. The van der Waals surface area contributed by atoms with E-state index in [9.17, 15) is 4.79 Å². The average molecular weight is 491 g/mol. The molecule has 29 heavy (non-hydrogen) atoms. The van der Waals surface area contributed by atoms with Gasteiger partial charge in [-0.25, -0.2) is 5.43 Å². The van der Waals surface area contributed by atoms with Crippen LogP contribution in [0.3, 0.4) is 0 Å². The van der Waals surface area contributed by atoms with Crippen LogP contribution in [0.4, 0.5) is 0 Å². The van der Waals surface area contributed by atoms with Crippen molar-refractivity contribution in [1.29, 1.82) is 0 Å². The Hall–Kier alpha value is -2.02. The lowest BCUT2D eigenvalue weighted by Gasteiger charge is -2.09. The van der Waals surface area contributed by atoms with Crippen LogP contribution in [0, 0.1) is 13.8 Å². The third-order valence-corrected chi connectivity index (χ3v) is 6.40. The van der Waals surface area contributed by atoms with Crippen LogP contribution in [0.5, 0.6) is 0 Å². The number of hydrazone groups is 1. The Morgan fingerprint density at radius 3 is 2.66 bits per heavy atom. The fourth-order valence-corrected chi connectivity index (χ4v) is 4.54. The second kappa shape index (κ2) is 10.1. The van der Waals surface area contributed by atoms with Crippen LogP contribution < -0.4 is 5.43 Å². The highest BCUT2D eigenvalue weighted by Crippen LogP contribution is 2.22. The van der Waals surface area contributed by atoms with Gasteiger partial charge < -0.3 is 4.57 Å². The van der Waals surface area contributed by atoms with Crippen molar-refractivity contribution >= 4 is 51.4 Å². The van der Waals surface area contributed by atoms with Gasteiger partial charge in [-0.1, -0.05) is 45.7 Å². The molecule has 0 aliphatic heterocycles. The summed E-state index contributed by atoms with van der Waals surface area (Å²) < 4.78 is 3.19. The van der Waals surface area contributed by atoms with Crippen molar-refractivity contribution in [1.82, 2.24) is 9.99 Å². The van der Waals surface area contributed by atoms with Gasteiger partial charge in [0.05, 0.1) is 12.0 Å². The van der Waals surface area contributed by atoms with Gasteiger partial charge in [0, 0.05) is 37.9 Å². The summed E-state index contributed by atoms with van der Waals surface area (Å²) >= 11 is 11.1. The van der Waals surface area contributed by atoms with Gasteiger partial charge in [-0.2, -0.15) is 5.10 Å². The Balaban J connectivity index is 1.56. The van der Waals surface area contributed by atoms with E-state index in [4.69, 9.17) is 11.6 Å². The summed E-state index contributed by atoms with van der Waals surface area (Å²) in [6, 6.07) is 17.8. The Morgan fingerprint density at radius 2 is 1.93 bits per heavy atom. The van der Waals surface area contributed by atoms with Crippen molar-refractivity contribution in [3.8, 4) is 5.69 Å². The largest absolute Gasteiger partial charge is 0.318 e. The Kier molecular flexibility index (Phi) is 7.58. The number of aryl methyl sites for hydroxylation is 1. The predicted molar refractivity (Wildman–Crippen MR) is 126 cm³/mol. The van der Waals surface area contributed by atoms with Crippen LogP contribution in [0.25, 0.3) is 5.69 Å². The molecule has 1 N–H and O–H groups in total. The van der Waals surface area contributed by atoms with Crippen LogP contribution in [0.15, 0.2) is 64.2 Å². The molecule has 0 bridgehead atoms. The summed E-state index contributed by atoms with van der Waals surface area (Å²) in [5.41, 5.74) is 7.90. The van der Waals surface area contributed by atoms with Gasteiger partial charge in [0.25, 0.3) is 0 Å². The minimum absolute atomic E-state index is 0.121. The van der Waals surface area contributed by atoms with Crippen LogP contribution in [-0.2, 0) is 10.5 Å². The van der Waals surface area contributed by atoms with E-state index in [1.54, 1.807) is 18.0 Å². The number of carbonyl (C=O) groups excluding carboxylic acids is 1. The molecule has 0 saturated heterocycles. The molecule has 0 spiro atoms. The van der Waals surface area contributed by atoms with E-state index < -0.39 is 0 Å². The maximum absolute atomic E-state index is 12.0. The summed E-state index contributed by atoms with van der Waals surface area (Å²) in [5, 5.41) is 4.83. The smallest absolute Gasteiger partial charge is 0.250 e. The zero-order chi connectivity index (χ0) is 20.8. The molecule has 4 nitrogen and oxygen atoms in total. The summed E-state index contributed by atoms with van der Waals surface area (Å²) in [6.07, 6.45) is 1.69. The molecule has 1 heterocycles. The first kappa shape index (κ1) is 21.7. The van der Waals surface area contributed by atoms with Crippen LogP contribution >= 0.6 is 39.3 Å². The number of thioether (sulfide) groups is 1. The molecule has 1 aromatic heterocycles. The summed E-state index contributed by atoms with van der Waals surface area (Å²) in [4.78, 5) is 12.0. The lowest BCUT2D eigenvalue weighted by atomic mass is 10.2. The molecule has 0 unspecified atom stereocenters. The first-order chi connectivity index (χ1) is 14.0. The number of carbonyl (C=O) groups is 1. The third kappa shape index (κ3) is 5.75. The maximum Gasteiger partial charge on any atom is 0.250 e. The zero-order valence-electron chi connectivity index (χ0n) is 16.2. The Bertz CT molecular complexity index is 1030. The van der Waals surface area contributed by atoms with Crippen LogP contribution in [0.1, 0.15) is 22.5 Å². The van der Waals surface area contributed by atoms with E-state index in [0.29, 0.717) is 10.8 Å². The minimum Gasteiger partial charge on any atom is -0.318 e. The van der Waals surface area contributed by atoms with E-state index in [-0.39, 0.29) is 5.91 Å². The van der Waals surface area contributed by atoms with Crippen molar-refractivity contribution < 1.29 is 4.79 Å². The van der Waals surface area contributed by atoms with Crippen molar-refractivity contribution in [2.24, 2.45) is 5.10 Å². The molecular weight excluding hydrogens is 470 g/mol. The summed E-state index contributed by atoms with van der Waals surface area (Å²) in [5.74, 6) is 0.994. The van der Waals surface area contributed by atoms with E-state index in [1.165, 1.54) is 5.56 Å². The zero-order valence-corrected chi connectivity index (χ0v) is 19.3. The highest BCUT2D eigenvalue weighted by atomic mass is 79.9. The van der Waals surface area contributed by atoms with Gasteiger partial charge in [-0.15, -0.1) is 11.8 Å². The SMILES string of the molecule is Cc1cc(/C=N\NC(=O)CSCc2ccccc2Br)c(C)n1-c1ccc(Cl)cc1. The third-order valence-electron chi connectivity index (χ3n) is 4.40.